The minimum Gasteiger partial charge on any atom is -0.444 e. The molecule has 27 heavy (non-hydrogen) atoms. The van der Waals surface area contributed by atoms with Gasteiger partial charge in [0, 0.05) is 44.8 Å². The number of carbonyl (C=O) groups excluding carboxylic acids is 1. The number of ether oxygens (including phenoxy) is 1. The molecular weight excluding hydrogens is 338 g/mol. The Bertz CT molecular complexity index is 591. The monoisotopic (exact) mass is 373 g/mol. The molecule has 1 saturated carbocycles. The second-order valence-corrected chi connectivity index (χ2v) is 8.96. The molecule has 2 atom stereocenters. The third-order valence-electron chi connectivity index (χ3n) is 5.54. The molecule has 150 valence electrons. The number of nitrogens with zero attached hydrogens (tertiary/aromatic N) is 2. The number of hydrogen-bond acceptors (Lipinski definition) is 4. The first-order chi connectivity index (χ1) is 12.9. The quantitative estimate of drug-likeness (QED) is 0.875. The Morgan fingerprint density at radius 3 is 2.48 bits per heavy atom. The molecule has 5 heteroatoms. The zero-order valence-electron chi connectivity index (χ0n) is 17.1. The number of hydrogen-bond donors (Lipinski definition) is 1. The molecule has 2 aliphatic rings. The predicted molar refractivity (Wildman–Crippen MR) is 109 cm³/mol. The normalized spacial score (nSPS) is 25.1. The molecule has 1 amide bonds. The molecule has 0 aromatic heterocycles. The van der Waals surface area contributed by atoms with Gasteiger partial charge in [-0.25, -0.2) is 4.79 Å². The number of rotatable bonds is 4. The molecule has 1 aliphatic heterocycles. The second-order valence-electron chi connectivity index (χ2n) is 8.96. The Labute approximate surface area is 164 Å². The van der Waals surface area contributed by atoms with Crippen molar-refractivity contribution < 1.29 is 9.53 Å². The number of piperazine rings is 1. The molecule has 0 spiro atoms. The zero-order chi connectivity index (χ0) is 19.3. The third-order valence-corrected chi connectivity index (χ3v) is 5.54. The van der Waals surface area contributed by atoms with Crippen LogP contribution in [0.1, 0.15) is 52.0 Å². The van der Waals surface area contributed by atoms with E-state index in [-0.39, 0.29) is 12.1 Å². The largest absolute Gasteiger partial charge is 0.444 e. The van der Waals surface area contributed by atoms with Gasteiger partial charge < -0.3 is 10.1 Å². The Balaban J connectivity index is 1.43. The van der Waals surface area contributed by atoms with E-state index in [9.17, 15) is 4.79 Å². The summed E-state index contributed by atoms with van der Waals surface area (Å²) in [5.41, 5.74) is 0.956. The minimum absolute atomic E-state index is 0.237. The van der Waals surface area contributed by atoms with Crippen LogP contribution in [0.15, 0.2) is 30.3 Å². The van der Waals surface area contributed by atoms with E-state index in [1.54, 1.807) is 0 Å². The summed E-state index contributed by atoms with van der Waals surface area (Å²) in [5.74, 6) is 0. The summed E-state index contributed by atoms with van der Waals surface area (Å²) in [4.78, 5) is 17.2. The Hall–Kier alpha value is -1.59. The Kier molecular flexibility index (Phi) is 6.77. The van der Waals surface area contributed by atoms with Crippen molar-refractivity contribution in [2.75, 3.05) is 26.2 Å². The van der Waals surface area contributed by atoms with E-state index in [4.69, 9.17) is 4.74 Å². The van der Waals surface area contributed by atoms with Gasteiger partial charge in [0.05, 0.1) is 0 Å². The maximum Gasteiger partial charge on any atom is 0.407 e. The van der Waals surface area contributed by atoms with E-state index in [2.05, 4.69) is 45.4 Å². The van der Waals surface area contributed by atoms with Crippen LogP contribution >= 0.6 is 0 Å². The highest BCUT2D eigenvalue weighted by molar-refractivity contribution is 5.68. The fourth-order valence-corrected chi connectivity index (χ4v) is 4.23. The maximum atomic E-state index is 12.1. The van der Waals surface area contributed by atoms with E-state index in [1.807, 2.05) is 20.8 Å². The number of amides is 1. The van der Waals surface area contributed by atoms with Crippen molar-refractivity contribution >= 4 is 6.09 Å². The van der Waals surface area contributed by atoms with Gasteiger partial charge in [0.25, 0.3) is 0 Å². The summed E-state index contributed by atoms with van der Waals surface area (Å²) in [7, 11) is 0. The number of alkyl carbamates (subject to hydrolysis) is 1. The molecule has 3 rings (SSSR count). The van der Waals surface area contributed by atoms with Crippen LogP contribution in [0.2, 0.25) is 0 Å². The van der Waals surface area contributed by atoms with Crippen molar-refractivity contribution in [3.8, 4) is 0 Å². The maximum absolute atomic E-state index is 12.1. The van der Waals surface area contributed by atoms with Gasteiger partial charge in [-0.2, -0.15) is 0 Å². The molecule has 1 aromatic carbocycles. The van der Waals surface area contributed by atoms with Crippen LogP contribution in [0.4, 0.5) is 4.79 Å². The third kappa shape index (κ3) is 6.51. The standard InChI is InChI=1S/C22H35N3O2/c1-22(2,3)27-21(26)23-19-10-7-11-20(16-19)25-14-12-24(13-15-25)17-18-8-5-4-6-9-18/h4-6,8-9,19-20H,7,10-17H2,1-3H3,(H,23,26). The van der Waals surface area contributed by atoms with Crippen LogP contribution in [0.5, 0.6) is 0 Å². The highest BCUT2D eigenvalue weighted by Crippen LogP contribution is 2.25. The number of carbonyl (C=O) groups is 1. The van der Waals surface area contributed by atoms with Crippen molar-refractivity contribution in [2.24, 2.45) is 0 Å². The van der Waals surface area contributed by atoms with E-state index in [0.717, 1.165) is 45.6 Å². The van der Waals surface area contributed by atoms with Crippen molar-refractivity contribution in [1.29, 1.82) is 0 Å². The van der Waals surface area contributed by atoms with Crippen LogP contribution in [-0.4, -0.2) is 59.8 Å². The lowest BCUT2D eigenvalue weighted by molar-refractivity contribution is 0.0428. The second kappa shape index (κ2) is 9.07. The molecule has 1 aliphatic carbocycles. The van der Waals surface area contributed by atoms with Crippen LogP contribution in [0.25, 0.3) is 0 Å². The first kappa shape index (κ1) is 20.2. The lowest BCUT2D eigenvalue weighted by atomic mass is 9.89. The molecule has 1 N–H and O–H groups in total. The van der Waals surface area contributed by atoms with Gasteiger partial charge in [0.1, 0.15) is 5.60 Å². The van der Waals surface area contributed by atoms with E-state index < -0.39 is 5.60 Å². The predicted octanol–water partition coefficient (Wildman–Crippen LogP) is 3.64. The van der Waals surface area contributed by atoms with Crippen molar-refractivity contribution in [3.05, 3.63) is 35.9 Å². The molecule has 1 aromatic rings. The summed E-state index contributed by atoms with van der Waals surface area (Å²) >= 11 is 0. The van der Waals surface area contributed by atoms with Crippen LogP contribution in [0, 0.1) is 0 Å². The molecule has 1 saturated heterocycles. The summed E-state index contributed by atoms with van der Waals surface area (Å²) < 4.78 is 5.42. The topological polar surface area (TPSA) is 44.8 Å². The van der Waals surface area contributed by atoms with Gasteiger partial charge in [-0.05, 0) is 52.0 Å². The summed E-state index contributed by atoms with van der Waals surface area (Å²) in [6.07, 6.45) is 4.24. The van der Waals surface area contributed by atoms with E-state index in [0.29, 0.717) is 6.04 Å². The van der Waals surface area contributed by atoms with Gasteiger partial charge in [-0.3, -0.25) is 9.80 Å². The molecule has 2 fully saturated rings. The highest BCUT2D eigenvalue weighted by atomic mass is 16.6. The molecule has 0 radical (unpaired) electrons. The van der Waals surface area contributed by atoms with Gasteiger partial charge >= 0.3 is 6.09 Å². The lowest BCUT2D eigenvalue weighted by Crippen LogP contribution is -2.53. The Morgan fingerprint density at radius 1 is 1.11 bits per heavy atom. The lowest BCUT2D eigenvalue weighted by Gasteiger charge is -2.42. The summed E-state index contributed by atoms with van der Waals surface area (Å²) in [6.45, 7) is 11.3. The van der Waals surface area contributed by atoms with Crippen LogP contribution in [-0.2, 0) is 11.3 Å². The average Bonchev–Trinajstić information content (AvgIpc) is 2.62. The van der Waals surface area contributed by atoms with E-state index >= 15 is 0 Å². The molecular formula is C22H35N3O2. The summed E-state index contributed by atoms with van der Waals surface area (Å²) in [6, 6.07) is 11.5. The highest BCUT2D eigenvalue weighted by Gasteiger charge is 2.30. The molecule has 1 heterocycles. The molecule has 0 bridgehead atoms. The first-order valence-electron chi connectivity index (χ1n) is 10.4. The van der Waals surface area contributed by atoms with Gasteiger partial charge in [-0.15, -0.1) is 0 Å². The van der Waals surface area contributed by atoms with Gasteiger partial charge in [0.15, 0.2) is 0 Å². The van der Waals surface area contributed by atoms with Crippen LogP contribution < -0.4 is 5.32 Å². The van der Waals surface area contributed by atoms with Crippen molar-refractivity contribution in [1.82, 2.24) is 15.1 Å². The van der Waals surface area contributed by atoms with E-state index in [1.165, 1.54) is 18.4 Å². The Morgan fingerprint density at radius 2 is 1.81 bits per heavy atom. The number of benzene rings is 1. The fourth-order valence-electron chi connectivity index (χ4n) is 4.23. The van der Waals surface area contributed by atoms with Gasteiger partial charge in [-0.1, -0.05) is 30.3 Å². The van der Waals surface area contributed by atoms with Crippen LogP contribution in [0.3, 0.4) is 0 Å². The molecule has 5 nitrogen and oxygen atoms in total. The van der Waals surface area contributed by atoms with Crippen molar-refractivity contribution in [2.45, 2.75) is 70.7 Å². The zero-order valence-corrected chi connectivity index (χ0v) is 17.1. The summed E-state index contributed by atoms with van der Waals surface area (Å²) in [5, 5.41) is 3.09. The van der Waals surface area contributed by atoms with Crippen molar-refractivity contribution in [3.63, 3.8) is 0 Å². The first-order valence-corrected chi connectivity index (χ1v) is 10.4. The van der Waals surface area contributed by atoms with Gasteiger partial charge in [0.2, 0.25) is 0 Å². The average molecular weight is 374 g/mol. The fraction of sp³-hybridized carbons (Fsp3) is 0.682. The minimum atomic E-state index is -0.437. The number of nitrogens with one attached hydrogen (secondary N) is 1. The SMILES string of the molecule is CC(C)(C)OC(=O)NC1CCCC(N2CCN(Cc3ccccc3)CC2)C1. The molecule has 2 unspecified atom stereocenters. The smallest absolute Gasteiger partial charge is 0.407 e.